The Morgan fingerprint density at radius 2 is 1.72 bits per heavy atom. The van der Waals surface area contributed by atoms with Gasteiger partial charge in [-0.1, -0.05) is 35.9 Å². The van der Waals surface area contributed by atoms with Crippen LogP contribution >= 0.6 is 0 Å². The van der Waals surface area contributed by atoms with Crippen molar-refractivity contribution < 1.29 is 13.5 Å². The van der Waals surface area contributed by atoms with Crippen molar-refractivity contribution in [1.29, 1.82) is 0 Å². The topological polar surface area (TPSA) is 69.6 Å². The second kappa shape index (κ2) is 8.47. The van der Waals surface area contributed by atoms with Gasteiger partial charge in [-0.05, 0) is 57.6 Å². The van der Waals surface area contributed by atoms with Gasteiger partial charge in [-0.3, -0.25) is 4.72 Å². The summed E-state index contributed by atoms with van der Waals surface area (Å²) in [7, 11) is 0.253. The van der Waals surface area contributed by atoms with Crippen LogP contribution in [0, 0.1) is 6.92 Å². The maximum Gasteiger partial charge on any atom is 0.261 e. The first-order valence-electron chi connectivity index (χ1n) is 8.31. The van der Waals surface area contributed by atoms with E-state index in [2.05, 4.69) is 4.72 Å². The third-order valence-corrected chi connectivity index (χ3v) is 5.54. The van der Waals surface area contributed by atoms with Crippen LogP contribution in [0.25, 0.3) is 0 Å². The quantitative estimate of drug-likeness (QED) is 0.757. The zero-order valence-electron chi connectivity index (χ0n) is 14.9. The minimum Gasteiger partial charge on any atom is -0.396 e. The Bertz CT molecular complexity index is 787. The van der Waals surface area contributed by atoms with Crippen molar-refractivity contribution in [3.05, 3.63) is 59.7 Å². The number of sulfonamides is 1. The molecule has 6 heteroatoms. The van der Waals surface area contributed by atoms with Crippen molar-refractivity contribution in [2.45, 2.75) is 30.7 Å². The zero-order valence-corrected chi connectivity index (χ0v) is 15.8. The minimum atomic E-state index is -3.65. The lowest BCUT2D eigenvalue weighted by atomic mass is 9.99. The Kier molecular flexibility index (Phi) is 6.58. The molecular weight excluding hydrogens is 336 g/mol. The predicted molar refractivity (Wildman–Crippen MR) is 101 cm³/mol. The smallest absolute Gasteiger partial charge is 0.261 e. The summed E-state index contributed by atoms with van der Waals surface area (Å²) in [6, 6.07) is 14.2. The third kappa shape index (κ3) is 5.04. The lowest BCUT2D eigenvalue weighted by Crippen LogP contribution is -2.23. The first-order valence-corrected chi connectivity index (χ1v) is 9.79. The third-order valence-electron chi connectivity index (χ3n) is 4.15. The molecule has 1 unspecified atom stereocenters. The fraction of sp³-hybridized carbons (Fsp3) is 0.368. The van der Waals surface area contributed by atoms with E-state index in [0.717, 1.165) is 17.5 Å². The number of benzene rings is 2. The number of aliphatic hydroxyl groups excluding tert-OH is 1. The van der Waals surface area contributed by atoms with Crippen LogP contribution in [0.3, 0.4) is 0 Å². The van der Waals surface area contributed by atoms with E-state index < -0.39 is 10.0 Å². The van der Waals surface area contributed by atoms with Crippen LogP contribution in [0.1, 0.15) is 30.0 Å². The van der Waals surface area contributed by atoms with Crippen molar-refractivity contribution in [1.82, 2.24) is 4.90 Å². The van der Waals surface area contributed by atoms with Crippen LogP contribution in [0.15, 0.2) is 53.4 Å². The van der Waals surface area contributed by atoms with Gasteiger partial charge in [0.15, 0.2) is 0 Å². The second-order valence-electron chi connectivity index (χ2n) is 6.35. The van der Waals surface area contributed by atoms with E-state index in [9.17, 15) is 8.42 Å². The fourth-order valence-corrected chi connectivity index (χ4v) is 3.87. The van der Waals surface area contributed by atoms with Gasteiger partial charge in [0.1, 0.15) is 0 Å². The van der Waals surface area contributed by atoms with E-state index in [0.29, 0.717) is 12.1 Å². The molecule has 0 aromatic heterocycles. The molecule has 0 radical (unpaired) electrons. The summed E-state index contributed by atoms with van der Waals surface area (Å²) in [6.07, 6.45) is 1.40. The lowest BCUT2D eigenvalue weighted by Gasteiger charge is -2.27. The summed E-state index contributed by atoms with van der Waals surface area (Å²) >= 11 is 0. The molecule has 5 nitrogen and oxygen atoms in total. The van der Waals surface area contributed by atoms with Crippen LogP contribution in [-0.4, -0.2) is 39.1 Å². The van der Waals surface area contributed by atoms with Gasteiger partial charge in [0.2, 0.25) is 0 Å². The zero-order chi connectivity index (χ0) is 18.4. The van der Waals surface area contributed by atoms with Crippen molar-refractivity contribution in [3.63, 3.8) is 0 Å². The molecule has 0 saturated carbocycles. The molecule has 2 N–H and O–H groups in total. The van der Waals surface area contributed by atoms with Crippen LogP contribution in [-0.2, 0) is 10.0 Å². The van der Waals surface area contributed by atoms with Crippen molar-refractivity contribution in [2.75, 3.05) is 25.4 Å². The number of hydrogen-bond acceptors (Lipinski definition) is 4. The number of rotatable bonds is 8. The predicted octanol–water partition coefficient (Wildman–Crippen LogP) is 3.17. The lowest BCUT2D eigenvalue weighted by molar-refractivity contribution is 0.236. The van der Waals surface area contributed by atoms with Gasteiger partial charge < -0.3 is 10.0 Å². The molecule has 0 amide bonds. The monoisotopic (exact) mass is 362 g/mol. The van der Waals surface area contributed by atoms with Crippen LogP contribution < -0.4 is 4.72 Å². The van der Waals surface area contributed by atoms with Crippen molar-refractivity contribution in [2.24, 2.45) is 0 Å². The average molecular weight is 362 g/mol. The van der Waals surface area contributed by atoms with E-state index >= 15 is 0 Å². The number of para-hydroxylation sites is 1. The first kappa shape index (κ1) is 19.4. The molecule has 136 valence electrons. The molecule has 2 aromatic carbocycles. The Labute approximate surface area is 150 Å². The highest BCUT2D eigenvalue weighted by Gasteiger charge is 2.21. The Morgan fingerprint density at radius 3 is 2.32 bits per heavy atom. The maximum atomic E-state index is 12.7. The highest BCUT2D eigenvalue weighted by Crippen LogP contribution is 2.31. The molecule has 0 bridgehead atoms. The van der Waals surface area contributed by atoms with Crippen LogP contribution in [0.5, 0.6) is 0 Å². The SMILES string of the molecule is Cc1ccc(S(=O)(=O)Nc2ccccc2C(CCCO)N(C)C)cc1. The number of aliphatic hydroxyl groups is 1. The summed E-state index contributed by atoms with van der Waals surface area (Å²) in [5.74, 6) is 0. The summed E-state index contributed by atoms with van der Waals surface area (Å²) in [4.78, 5) is 2.28. The highest BCUT2D eigenvalue weighted by atomic mass is 32.2. The Hall–Kier alpha value is -1.89. The van der Waals surface area contributed by atoms with Gasteiger partial charge in [-0.15, -0.1) is 0 Å². The first-order chi connectivity index (χ1) is 11.8. The molecule has 0 heterocycles. The van der Waals surface area contributed by atoms with E-state index in [4.69, 9.17) is 5.11 Å². The minimum absolute atomic E-state index is 0.0177. The number of nitrogens with one attached hydrogen (secondary N) is 1. The van der Waals surface area contributed by atoms with Gasteiger partial charge in [-0.25, -0.2) is 8.42 Å². The van der Waals surface area contributed by atoms with Crippen molar-refractivity contribution >= 4 is 15.7 Å². The normalized spacial score (nSPS) is 13.0. The van der Waals surface area contributed by atoms with Crippen LogP contribution in [0.4, 0.5) is 5.69 Å². The second-order valence-corrected chi connectivity index (χ2v) is 8.03. The van der Waals surface area contributed by atoms with Gasteiger partial charge in [0, 0.05) is 12.6 Å². The van der Waals surface area contributed by atoms with Gasteiger partial charge >= 0.3 is 0 Å². The molecule has 25 heavy (non-hydrogen) atoms. The van der Waals surface area contributed by atoms with Crippen molar-refractivity contribution in [3.8, 4) is 0 Å². The molecule has 2 rings (SSSR count). The van der Waals surface area contributed by atoms with E-state index in [1.807, 2.05) is 44.1 Å². The molecule has 0 aliphatic carbocycles. The number of aryl methyl sites for hydroxylation is 1. The van der Waals surface area contributed by atoms with E-state index in [-0.39, 0.29) is 17.5 Å². The number of hydrogen-bond donors (Lipinski definition) is 2. The molecule has 0 spiro atoms. The number of nitrogens with zero attached hydrogens (tertiary/aromatic N) is 1. The summed E-state index contributed by atoms with van der Waals surface area (Å²) in [6.45, 7) is 2.03. The molecule has 2 aromatic rings. The molecule has 0 fully saturated rings. The average Bonchev–Trinajstić information content (AvgIpc) is 2.56. The molecule has 0 aliphatic rings. The maximum absolute atomic E-state index is 12.7. The Balaban J connectivity index is 2.35. The van der Waals surface area contributed by atoms with Crippen LogP contribution in [0.2, 0.25) is 0 Å². The van der Waals surface area contributed by atoms with Gasteiger partial charge in [-0.2, -0.15) is 0 Å². The van der Waals surface area contributed by atoms with E-state index in [1.54, 1.807) is 30.3 Å². The summed E-state index contributed by atoms with van der Waals surface area (Å²) < 4.78 is 28.1. The standard InChI is InChI=1S/C19H26N2O3S/c1-15-10-12-16(13-11-15)25(23,24)20-18-8-5-4-7-17(18)19(21(2)3)9-6-14-22/h4-5,7-8,10-13,19-20,22H,6,9,14H2,1-3H3. The Morgan fingerprint density at radius 1 is 1.08 bits per heavy atom. The summed E-state index contributed by atoms with van der Waals surface area (Å²) in [5, 5.41) is 9.14. The van der Waals surface area contributed by atoms with Gasteiger partial charge in [0.05, 0.1) is 10.6 Å². The number of anilines is 1. The fourth-order valence-electron chi connectivity index (χ4n) is 2.78. The largest absolute Gasteiger partial charge is 0.396 e. The van der Waals surface area contributed by atoms with Gasteiger partial charge in [0.25, 0.3) is 10.0 Å². The molecular formula is C19H26N2O3S. The highest BCUT2D eigenvalue weighted by molar-refractivity contribution is 7.92. The van der Waals surface area contributed by atoms with E-state index in [1.165, 1.54) is 0 Å². The summed E-state index contributed by atoms with van der Waals surface area (Å²) in [5.41, 5.74) is 2.48. The molecule has 0 aliphatic heterocycles. The molecule has 0 saturated heterocycles. The molecule has 1 atom stereocenters.